The number of ether oxygens (including phenoxy) is 1. The number of anilines is 1. The number of aromatic nitrogens is 3. The van der Waals surface area contributed by atoms with Crippen molar-refractivity contribution in [3.8, 4) is 17.5 Å². The average Bonchev–Trinajstić information content (AvgIpc) is 3.55. The van der Waals surface area contributed by atoms with Crippen molar-refractivity contribution in [2.75, 3.05) is 63.9 Å². The van der Waals surface area contributed by atoms with E-state index in [-0.39, 0.29) is 0 Å². The van der Waals surface area contributed by atoms with Crippen LogP contribution in [0.15, 0.2) is 30.5 Å². The molecule has 0 radical (unpaired) electrons. The summed E-state index contributed by atoms with van der Waals surface area (Å²) in [6.07, 6.45) is -2.33. The van der Waals surface area contributed by atoms with Gasteiger partial charge in [0.25, 0.3) is 0 Å². The van der Waals surface area contributed by atoms with Crippen molar-refractivity contribution in [3.05, 3.63) is 40.9 Å². The average molecular weight is 542 g/mol. The Kier molecular flexibility index (Phi) is 6.69. The van der Waals surface area contributed by atoms with Gasteiger partial charge in [0.15, 0.2) is 11.6 Å². The van der Waals surface area contributed by atoms with Crippen LogP contribution in [0.5, 0.6) is 0 Å². The first-order valence-corrected chi connectivity index (χ1v) is 13.3. The molecule has 0 amide bonds. The van der Waals surface area contributed by atoms with Crippen LogP contribution >= 0.6 is 11.3 Å². The van der Waals surface area contributed by atoms with Crippen LogP contribution in [0.1, 0.15) is 10.4 Å². The lowest BCUT2D eigenvalue weighted by Crippen LogP contribution is -2.48. The topological polar surface area (TPSA) is 84.3 Å². The molecule has 3 aromatic heterocycles. The van der Waals surface area contributed by atoms with E-state index in [9.17, 15) is 18.4 Å². The van der Waals surface area contributed by atoms with Crippen LogP contribution < -0.4 is 4.90 Å². The Morgan fingerprint density at radius 2 is 1.79 bits per heavy atom. The molecule has 6 rings (SSSR count). The number of H-pyrrole nitrogens is 1. The molecule has 12 heteroatoms. The lowest BCUT2D eigenvalue weighted by atomic mass is 10.1. The van der Waals surface area contributed by atoms with Crippen LogP contribution in [0.3, 0.4) is 0 Å². The van der Waals surface area contributed by atoms with E-state index in [0.717, 1.165) is 50.5 Å². The number of nitrogens with one attached hydrogen (secondary N) is 1. The third kappa shape index (κ3) is 5.19. The lowest BCUT2D eigenvalue weighted by molar-refractivity contribution is -0.149. The molecule has 38 heavy (non-hydrogen) atoms. The number of benzene rings is 1. The number of alkyl halides is 3. The highest BCUT2D eigenvalue weighted by atomic mass is 32.1. The van der Waals surface area contributed by atoms with Crippen LogP contribution in [0, 0.1) is 11.3 Å². The minimum absolute atomic E-state index is 0.398. The lowest BCUT2D eigenvalue weighted by Gasteiger charge is -2.34. The largest absolute Gasteiger partial charge is 0.401 e. The van der Waals surface area contributed by atoms with Gasteiger partial charge in [0.1, 0.15) is 0 Å². The number of hydrogen-bond acceptors (Lipinski definition) is 8. The highest BCUT2D eigenvalue weighted by molar-refractivity contribution is 7.19. The maximum atomic E-state index is 12.8. The summed E-state index contributed by atoms with van der Waals surface area (Å²) >= 11 is 1.64. The standard InChI is InChI=1S/C26H26F3N7OS/c27-26(28,29)16-35-5-3-34(4-6-35)15-18-13-22-23(38-18)25(36-7-9-37-10-8-36)33-24(32-22)20-11-17(14-30)12-21-19(20)1-2-31-21/h1-2,11-13,31H,3-10,15-16H2. The fourth-order valence-corrected chi connectivity index (χ4v) is 6.30. The Hall–Kier alpha value is -3.24. The van der Waals surface area contributed by atoms with E-state index in [1.54, 1.807) is 11.3 Å². The first kappa shape index (κ1) is 25.1. The molecule has 8 nitrogen and oxygen atoms in total. The van der Waals surface area contributed by atoms with Gasteiger partial charge in [-0.05, 0) is 24.3 Å². The van der Waals surface area contributed by atoms with E-state index in [4.69, 9.17) is 14.7 Å². The number of aromatic amines is 1. The molecular formula is C26H26F3N7OS. The van der Waals surface area contributed by atoms with Crippen molar-refractivity contribution in [1.29, 1.82) is 5.26 Å². The first-order chi connectivity index (χ1) is 18.4. The third-order valence-electron chi connectivity index (χ3n) is 7.00. The van der Waals surface area contributed by atoms with Gasteiger partial charge in [-0.3, -0.25) is 9.80 Å². The first-order valence-electron chi connectivity index (χ1n) is 12.5. The highest BCUT2D eigenvalue weighted by Crippen LogP contribution is 2.37. The zero-order chi connectivity index (χ0) is 26.3. The van der Waals surface area contributed by atoms with Crippen LogP contribution in [-0.2, 0) is 11.3 Å². The second kappa shape index (κ2) is 10.1. The molecule has 0 saturated carbocycles. The van der Waals surface area contributed by atoms with Crippen molar-refractivity contribution in [1.82, 2.24) is 24.8 Å². The van der Waals surface area contributed by atoms with Gasteiger partial charge < -0.3 is 14.6 Å². The van der Waals surface area contributed by atoms with Gasteiger partial charge in [-0.15, -0.1) is 11.3 Å². The van der Waals surface area contributed by atoms with Crippen molar-refractivity contribution in [3.63, 3.8) is 0 Å². The molecule has 198 valence electrons. The number of morpholine rings is 1. The maximum absolute atomic E-state index is 12.8. The predicted molar refractivity (Wildman–Crippen MR) is 140 cm³/mol. The Labute approximate surface area is 221 Å². The molecule has 2 saturated heterocycles. The minimum atomic E-state index is -4.17. The molecular weight excluding hydrogens is 515 g/mol. The van der Waals surface area contributed by atoms with Gasteiger partial charge in [-0.25, -0.2) is 9.97 Å². The molecule has 1 N–H and O–H groups in total. The SMILES string of the molecule is N#Cc1cc(-c2nc(N3CCOCC3)c3sc(CN4CCN(CC(F)(F)F)CC4)cc3n2)c2cc[nH]c2c1. The maximum Gasteiger partial charge on any atom is 0.401 e. The summed E-state index contributed by atoms with van der Waals surface area (Å²) in [6, 6.07) is 9.90. The number of hydrogen-bond donors (Lipinski definition) is 1. The van der Waals surface area contributed by atoms with Crippen molar-refractivity contribution in [2.45, 2.75) is 12.7 Å². The Morgan fingerprint density at radius 1 is 1.03 bits per heavy atom. The number of halogens is 3. The van der Waals surface area contributed by atoms with Crippen molar-refractivity contribution < 1.29 is 17.9 Å². The monoisotopic (exact) mass is 541 g/mol. The van der Waals surface area contributed by atoms with Gasteiger partial charge in [0.2, 0.25) is 0 Å². The summed E-state index contributed by atoms with van der Waals surface area (Å²) < 4.78 is 44.8. The summed E-state index contributed by atoms with van der Waals surface area (Å²) in [5.74, 6) is 1.41. The highest BCUT2D eigenvalue weighted by Gasteiger charge is 2.32. The van der Waals surface area contributed by atoms with Crippen molar-refractivity contribution >= 4 is 38.3 Å². The Balaban J connectivity index is 1.34. The minimum Gasteiger partial charge on any atom is -0.378 e. The zero-order valence-corrected chi connectivity index (χ0v) is 21.4. The summed E-state index contributed by atoms with van der Waals surface area (Å²) in [7, 11) is 0. The number of fused-ring (bicyclic) bond motifs is 2. The van der Waals surface area contributed by atoms with Gasteiger partial charge in [-0.1, -0.05) is 0 Å². The molecule has 0 bridgehead atoms. The van der Waals surface area contributed by atoms with E-state index >= 15 is 0 Å². The van der Waals surface area contributed by atoms with Gasteiger partial charge in [-0.2, -0.15) is 18.4 Å². The van der Waals surface area contributed by atoms with E-state index in [2.05, 4.69) is 26.9 Å². The van der Waals surface area contributed by atoms with E-state index in [1.807, 2.05) is 24.4 Å². The number of rotatable bonds is 5. The summed E-state index contributed by atoms with van der Waals surface area (Å²) in [6.45, 7) is 4.45. The van der Waals surface area contributed by atoms with Crippen LogP contribution in [-0.4, -0.2) is 90.0 Å². The van der Waals surface area contributed by atoms with Gasteiger partial charge in [0, 0.05) is 73.4 Å². The van der Waals surface area contributed by atoms with Crippen LogP contribution in [0.2, 0.25) is 0 Å². The predicted octanol–water partition coefficient (Wildman–Crippen LogP) is 4.23. The number of nitriles is 1. The summed E-state index contributed by atoms with van der Waals surface area (Å²) in [4.78, 5) is 20.1. The zero-order valence-electron chi connectivity index (χ0n) is 20.6. The van der Waals surface area contributed by atoms with Crippen molar-refractivity contribution in [2.24, 2.45) is 0 Å². The molecule has 2 aliphatic heterocycles. The van der Waals surface area contributed by atoms with E-state index < -0.39 is 12.7 Å². The normalized spacial score (nSPS) is 17.9. The van der Waals surface area contributed by atoms with Gasteiger partial charge in [0.05, 0.1) is 41.6 Å². The molecule has 0 unspecified atom stereocenters. The second-order valence-corrected chi connectivity index (χ2v) is 10.8. The van der Waals surface area contributed by atoms with E-state index in [1.165, 1.54) is 4.90 Å². The smallest absolute Gasteiger partial charge is 0.378 e. The fourth-order valence-electron chi connectivity index (χ4n) is 5.15. The summed E-state index contributed by atoms with van der Waals surface area (Å²) in [5.41, 5.74) is 3.01. The third-order valence-corrected chi connectivity index (χ3v) is 8.11. The second-order valence-electron chi connectivity index (χ2n) is 9.64. The van der Waals surface area contributed by atoms with Gasteiger partial charge >= 0.3 is 6.18 Å². The molecule has 0 aliphatic carbocycles. The number of thiophene rings is 1. The molecule has 0 spiro atoms. The Bertz CT molecular complexity index is 1490. The molecule has 0 atom stereocenters. The quantitative estimate of drug-likeness (QED) is 0.405. The molecule has 4 aromatic rings. The summed E-state index contributed by atoms with van der Waals surface area (Å²) in [5, 5.41) is 10.5. The molecule has 2 fully saturated rings. The molecule has 2 aliphatic rings. The molecule has 5 heterocycles. The Morgan fingerprint density at radius 3 is 2.53 bits per heavy atom. The fraction of sp³-hybridized carbons (Fsp3) is 0.423. The number of nitrogens with zero attached hydrogens (tertiary/aromatic N) is 6. The van der Waals surface area contributed by atoms with Crippen LogP contribution in [0.25, 0.3) is 32.5 Å². The van der Waals surface area contributed by atoms with E-state index in [0.29, 0.717) is 57.3 Å². The number of piperazine rings is 1. The molecule has 1 aromatic carbocycles. The van der Waals surface area contributed by atoms with Crippen LogP contribution in [0.4, 0.5) is 19.0 Å².